The van der Waals surface area contributed by atoms with E-state index in [1.807, 2.05) is 0 Å². The normalized spacial score (nSPS) is 13.0. The Kier molecular flexibility index (Phi) is 6.78. The van der Waals surface area contributed by atoms with Crippen molar-refractivity contribution < 1.29 is 13.5 Å². The van der Waals surface area contributed by atoms with Crippen molar-refractivity contribution in [2.75, 3.05) is 0 Å². The first kappa shape index (κ1) is 15.9. The topological polar surface area (TPSA) is 21.3 Å². The summed E-state index contributed by atoms with van der Waals surface area (Å²) in [5, 5.41) is 3.43. The second-order valence-corrected chi connectivity index (χ2v) is 5.28. The molecule has 0 saturated heterocycles. The Balaban J connectivity index is 2.33. The number of ether oxygens (including phenoxy) is 1. The Morgan fingerprint density at radius 1 is 1.05 bits per heavy atom. The van der Waals surface area contributed by atoms with E-state index in [9.17, 15) is 8.78 Å². The van der Waals surface area contributed by atoms with Crippen LogP contribution in [0.2, 0.25) is 0 Å². The molecule has 0 fully saturated rings. The molecule has 0 radical (unpaired) electrons. The summed E-state index contributed by atoms with van der Waals surface area (Å²) in [5.74, 6) is 0.918. The Bertz CT molecular complexity index is 352. The number of rotatable bonds is 8. The first-order valence-electron chi connectivity index (χ1n) is 6.74. The van der Waals surface area contributed by atoms with E-state index in [4.69, 9.17) is 0 Å². The van der Waals surface area contributed by atoms with E-state index >= 15 is 0 Å². The van der Waals surface area contributed by atoms with Crippen LogP contribution in [0, 0.1) is 5.92 Å². The molecular formula is C15H23F2NO. The van der Waals surface area contributed by atoms with Gasteiger partial charge in [-0.2, -0.15) is 8.78 Å². The second-order valence-electron chi connectivity index (χ2n) is 5.28. The summed E-state index contributed by atoms with van der Waals surface area (Å²) in [6, 6.07) is 7.21. The lowest BCUT2D eigenvalue weighted by Crippen LogP contribution is -2.25. The lowest BCUT2D eigenvalue weighted by molar-refractivity contribution is -0.0498. The molecule has 1 unspecified atom stereocenters. The van der Waals surface area contributed by atoms with Crippen molar-refractivity contribution in [2.24, 2.45) is 5.92 Å². The van der Waals surface area contributed by atoms with Gasteiger partial charge in [-0.1, -0.05) is 26.0 Å². The summed E-state index contributed by atoms with van der Waals surface area (Å²) >= 11 is 0. The van der Waals surface area contributed by atoms with Gasteiger partial charge in [0.15, 0.2) is 0 Å². The Labute approximate surface area is 114 Å². The minimum absolute atomic E-state index is 0.201. The second kappa shape index (κ2) is 8.10. The fraction of sp³-hybridized carbons (Fsp3) is 0.600. The van der Waals surface area contributed by atoms with Gasteiger partial charge in [0.25, 0.3) is 0 Å². The lowest BCUT2D eigenvalue weighted by Gasteiger charge is -2.15. The van der Waals surface area contributed by atoms with Crippen molar-refractivity contribution >= 4 is 0 Å². The van der Waals surface area contributed by atoms with E-state index in [0.717, 1.165) is 24.4 Å². The zero-order valence-corrected chi connectivity index (χ0v) is 11.8. The van der Waals surface area contributed by atoms with Crippen LogP contribution in [-0.2, 0) is 6.54 Å². The van der Waals surface area contributed by atoms with Crippen LogP contribution in [0.3, 0.4) is 0 Å². The number of alkyl halides is 2. The predicted molar refractivity (Wildman–Crippen MR) is 73.4 cm³/mol. The van der Waals surface area contributed by atoms with Gasteiger partial charge in [-0.25, -0.2) is 0 Å². The third kappa shape index (κ3) is 7.11. The van der Waals surface area contributed by atoms with Crippen LogP contribution in [0.5, 0.6) is 5.75 Å². The molecule has 1 rings (SSSR count). The molecule has 0 aromatic heterocycles. The third-order valence-electron chi connectivity index (χ3n) is 2.98. The van der Waals surface area contributed by atoms with Crippen LogP contribution in [0.1, 0.15) is 39.2 Å². The summed E-state index contributed by atoms with van der Waals surface area (Å²) in [6.07, 6.45) is 2.35. The first-order chi connectivity index (χ1) is 8.97. The van der Waals surface area contributed by atoms with Crippen LogP contribution in [-0.4, -0.2) is 12.7 Å². The van der Waals surface area contributed by atoms with Crippen LogP contribution in [0.4, 0.5) is 8.78 Å². The van der Waals surface area contributed by atoms with Gasteiger partial charge in [0.1, 0.15) is 5.75 Å². The average molecular weight is 271 g/mol. The van der Waals surface area contributed by atoms with Crippen molar-refractivity contribution in [3.63, 3.8) is 0 Å². The maximum atomic E-state index is 12.0. The molecule has 108 valence electrons. The van der Waals surface area contributed by atoms with E-state index in [1.54, 1.807) is 24.3 Å². The van der Waals surface area contributed by atoms with Crippen molar-refractivity contribution in [3.05, 3.63) is 29.8 Å². The lowest BCUT2D eigenvalue weighted by atomic mass is 10.0. The largest absolute Gasteiger partial charge is 0.435 e. The maximum Gasteiger partial charge on any atom is 0.387 e. The van der Waals surface area contributed by atoms with Gasteiger partial charge in [0, 0.05) is 12.6 Å². The smallest absolute Gasteiger partial charge is 0.387 e. The van der Waals surface area contributed by atoms with E-state index in [2.05, 4.69) is 30.8 Å². The molecule has 1 atom stereocenters. The fourth-order valence-corrected chi connectivity index (χ4v) is 1.77. The van der Waals surface area contributed by atoms with Gasteiger partial charge in [0.2, 0.25) is 0 Å². The minimum atomic E-state index is -2.76. The van der Waals surface area contributed by atoms with E-state index in [-0.39, 0.29) is 5.75 Å². The molecule has 0 spiro atoms. The summed E-state index contributed by atoms with van der Waals surface area (Å²) in [7, 11) is 0. The standard InChI is InChI=1S/C15H23F2NO/c1-11(2)4-5-12(3)18-10-13-6-8-14(9-7-13)19-15(16)17/h6-9,11-12,15,18H,4-5,10H2,1-3H3. The zero-order valence-electron chi connectivity index (χ0n) is 11.8. The molecule has 0 heterocycles. The minimum Gasteiger partial charge on any atom is -0.435 e. The molecule has 0 aliphatic rings. The molecule has 19 heavy (non-hydrogen) atoms. The molecule has 0 bridgehead atoms. The highest BCUT2D eigenvalue weighted by molar-refractivity contribution is 5.27. The molecule has 4 heteroatoms. The SMILES string of the molecule is CC(C)CCC(C)NCc1ccc(OC(F)F)cc1. The number of nitrogens with one attached hydrogen (secondary N) is 1. The van der Waals surface area contributed by atoms with Crippen LogP contribution in [0.25, 0.3) is 0 Å². The Morgan fingerprint density at radius 2 is 1.68 bits per heavy atom. The van der Waals surface area contributed by atoms with Gasteiger partial charge < -0.3 is 10.1 Å². The molecule has 0 saturated carbocycles. The highest BCUT2D eigenvalue weighted by Crippen LogP contribution is 2.15. The van der Waals surface area contributed by atoms with Crippen LogP contribution < -0.4 is 10.1 Å². The van der Waals surface area contributed by atoms with E-state index < -0.39 is 6.61 Å². The van der Waals surface area contributed by atoms with Gasteiger partial charge in [-0.3, -0.25) is 0 Å². The molecule has 1 N–H and O–H groups in total. The van der Waals surface area contributed by atoms with E-state index in [1.165, 1.54) is 6.42 Å². The summed E-state index contributed by atoms with van der Waals surface area (Å²) in [6.45, 7) is 4.58. The van der Waals surface area contributed by atoms with E-state index in [0.29, 0.717) is 6.04 Å². The van der Waals surface area contributed by atoms with Gasteiger partial charge in [-0.05, 0) is 43.4 Å². The number of benzene rings is 1. The Hall–Kier alpha value is -1.16. The van der Waals surface area contributed by atoms with Gasteiger partial charge >= 0.3 is 6.61 Å². The quantitative estimate of drug-likeness (QED) is 0.765. The van der Waals surface area contributed by atoms with Crippen molar-refractivity contribution in [2.45, 2.75) is 52.8 Å². The molecule has 1 aromatic rings. The molecular weight excluding hydrogens is 248 g/mol. The number of halogens is 2. The maximum absolute atomic E-state index is 12.0. The van der Waals surface area contributed by atoms with Crippen LogP contribution in [0.15, 0.2) is 24.3 Å². The third-order valence-corrected chi connectivity index (χ3v) is 2.98. The average Bonchev–Trinajstić information content (AvgIpc) is 2.35. The van der Waals surface area contributed by atoms with Crippen molar-refractivity contribution in [3.8, 4) is 5.75 Å². The van der Waals surface area contributed by atoms with Crippen molar-refractivity contribution in [1.82, 2.24) is 5.32 Å². The summed E-state index contributed by atoms with van der Waals surface area (Å²) in [4.78, 5) is 0. The first-order valence-corrected chi connectivity index (χ1v) is 6.74. The fourth-order valence-electron chi connectivity index (χ4n) is 1.77. The predicted octanol–water partition coefficient (Wildman–Crippen LogP) is 4.20. The van der Waals surface area contributed by atoms with Gasteiger partial charge in [0.05, 0.1) is 0 Å². The molecule has 0 aliphatic carbocycles. The molecule has 0 aliphatic heterocycles. The van der Waals surface area contributed by atoms with Crippen molar-refractivity contribution in [1.29, 1.82) is 0 Å². The number of hydrogen-bond donors (Lipinski definition) is 1. The molecule has 1 aromatic carbocycles. The molecule has 2 nitrogen and oxygen atoms in total. The summed E-state index contributed by atoms with van der Waals surface area (Å²) in [5.41, 5.74) is 1.07. The zero-order chi connectivity index (χ0) is 14.3. The summed E-state index contributed by atoms with van der Waals surface area (Å²) < 4.78 is 28.3. The van der Waals surface area contributed by atoms with Crippen LogP contribution >= 0.6 is 0 Å². The van der Waals surface area contributed by atoms with Gasteiger partial charge in [-0.15, -0.1) is 0 Å². The monoisotopic (exact) mass is 271 g/mol. The Morgan fingerprint density at radius 3 is 2.21 bits per heavy atom. The highest BCUT2D eigenvalue weighted by atomic mass is 19.3. The molecule has 0 amide bonds. The number of hydrogen-bond acceptors (Lipinski definition) is 2. The highest BCUT2D eigenvalue weighted by Gasteiger charge is 2.05.